The number of ether oxygens (including phenoxy) is 2. The van der Waals surface area contributed by atoms with Crippen molar-refractivity contribution >= 4 is 17.3 Å². The summed E-state index contributed by atoms with van der Waals surface area (Å²) in [6.07, 6.45) is -4.91. The fraction of sp³-hybridized carbons (Fsp3) is 0.133. The smallest absolute Gasteiger partial charge is 0.477 e. The van der Waals surface area contributed by atoms with Gasteiger partial charge in [-0.2, -0.15) is 0 Å². The normalized spacial score (nSPS) is 10.8. The van der Waals surface area contributed by atoms with Crippen molar-refractivity contribution in [3.05, 3.63) is 58.6 Å². The summed E-state index contributed by atoms with van der Waals surface area (Å²) in [5, 5.41) is 13.0. The molecular weight excluding hydrogens is 345 g/mol. The molecule has 7 nitrogen and oxygen atoms in total. The minimum absolute atomic E-state index is 0.137. The third-order valence-corrected chi connectivity index (χ3v) is 2.81. The van der Waals surface area contributed by atoms with E-state index in [0.29, 0.717) is 0 Å². The Morgan fingerprint density at radius 2 is 1.68 bits per heavy atom. The lowest BCUT2D eigenvalue weighted by Gasteiger charge is -2.14. The highest BCUT2D eigenvalue weighted by molar-refractivity contribution is 5.93. The van der Waals surface area contributed by atoms with Crippen LogP contribution in [-0.2, 0) is 4.79 Å². The summed E-state index contributed by atoms with van der Waals surface area (Å²) < 4.78 is 45.8. The van der Waals surface area contributed by atoms with Gasteiger partial charge in [-0.05, 0) is 18.2 Å². The van der Waals surface area contributed by atoms with Crippen LogP contribution >= 0.6 is 0 Å². The molecule has 0 aromatic heterocycles. The molecule has 0 radical (unpaired) electrons. The second-order valence-corrected chi connectivity index (χ2v) is 4.61. The fourth-order valence-corrected chi connectivity index (χ4v) is 1.84. The van der Waals surface area contributed by atoms with Gasteiger partial charge in [-0.1, -0.05) is 24.3 Å². The second-order valence-electron chi connectivity index (χ2n) is 4.61. The maximum atomic E-state index is 12.3. The molecule has 0 aliphatic rings. The minimum atomic E-state index is -4.91. The first-order chi connectivity index (χ1) is 11.8. The van der Waals surface area contributed by atoms with Gasteiger partial charge in [0.2, 0.25) is 0 Å². The molecule has 2 aromatic carbocycles. The molecule has 1 N–H and O–H groups in total. The molecule has 0 bridgehead atoms. The lowest BCUT2D eigenvalue weighted by molar-refractivity contribution is -0.385. The number of alkyl halides is 3. The quantitative estimate of drug-likeness (QED) is 0.632. The number of hydrogen-bond acceptors (Lipinski definition) is 5. The molecule has 0 heterocycles. The van der Waals surface area contributed by atoms with Crippen LogP contribution in [0.1, 0.15) is 0 Å². The number of nitrogens with one attached hydrogen (secondary N) is 1. The maximum Gasteiger partial charge on any atom is 0.573 e. The van der Waals surface area contributed by atoms with Crippen molar-refractivity contribution in [1.82, 2.24) is 0 Å². The molecule has 0 saturated carbocycles. The zero-order chi connectivity index (χ0) is 18.4. The summed E-state index contributed by atoms with van der Waals surface area (Å²) in [5.74, 6) is -1.53. The van der Waals surface area contributed by atoms with E-state index in [1.54, 1.807) is 0 Å². The number of rotatable bonds is 6. The van der Waals surface area contributed by atoms with E-state index in [4.69, 9.17) is 4.74 Å². The number of benzene rings is 2. The maximum absolute atomic E-state index is 12.3. The Labute approximate surface area is 139 Å². The van der Waals surface area contributed by atoms with Crippen molar-refractivity contribution in [2.75, 3.05) is 11.9 Å². The van der Waals surface area contributed by atoms with Gasteiger partial charge in [0.05, 0.1) is 10.6 Å². The van der Waals surface area contributed by atoms with E-state index in [0.717, 1.165) is 6.07 Å². The standard InChI is InChI=1S/C15H11F3N2O5/c16-15(17,18)25-12-7-3-1-5-10(12)19-14(21)9-24-13-8-4-2-6-11(13)20(22)23/h1-8H,9H2,(H,19,21). The number of anilines is 1. The van der Waals surface area contributed by atoms with Crippen LogP contribution in [0.3, 0.4) is 0 Å². The number of amides is 1. The van der Waals surface area contributed by atoms with E-state index in [1.807, 2.05) is 0 Å². The predicted octanol–water partition coefficient (Wildman–Crippen LogP) is 3.51. The third-order valence-electron chi connectivity index (χ3n) is 2.81. The molecule has 132 valence electrons. The Balaban J connectivity index is 2.03. The van der Waals surface area contributed by atoms with E-state index in [-0.39, 0.29) is 17.1 Å². The Hall–Kier alpha value is -3.30. The van der Waals surface area contributed by atoms with Gasteiger partial charge in [0, 0.05) is 6.07 Å². The average Bonchev–Trinajstić information content (AvgIpc) is 2.53. The van der Waals surface area contributed by atoms with Gasteiger partial charge in [-0.25, -0.2) is 0 Å². The molecule has 2 rings (SSSR count). The van der Waals surface area contributed by atoms with Gasteiger partial charge in [0.25, 0.3) is 5.91 Å². The van der Waals surface area contributed by atoms with Gasteiger partial charge in [-0.15, -0.1) is 13.2 Å². The number of nitro benzene ring substituents is 1. The number of para-hydroxylation sites is 4. The molecule has 0 aliphatic carbocycles. The molecule has 0 atom stereocenters. The molecule has 10 heteroatoms. The van der Waals surface area contributed by atoms with Crippen LogP contribution in [0.25, 0.3) is 0 Å². The fourth-order valence-electron chi connectivity index (χ4n) is 1.84. The number of carbonyl (C=O) groups excluding carboxylic acids is 1. The number of halogens is 3. The van der Waals surface area contributed by atoms with E-state index < -0.39 is 29.5 Å². The topological polar surface area (TPSA) is 90.7 Å². The van der Waals surface area contributed by atoms with Crippen molar-refractivity contribution < 1.29 is 32.4 Å². The summed E-state index contributed by atoms with van der Waals surface area (Å²) >= 11 is 0. The number of nitro groups is 1. The summed E-state index contributed by atoms with van der Waals surface area (Å²) in [5.41, 5.74) is -0.549. The summed E-state index contributed by atoms with van der Waals surface area (Å²) in [6, 6.07) is 10.4. The molecule has 25 heavy (non-hydrogen) atoms. The number of hydrogen-bond donors (Lipinski definition) is 1. The van der Waals surface area contributed by atoms with Crippen LogP contribution in [0, 0.1) is 10.1 Å². The van der Waals surface area contributed by atoms with Crippen LogP contribution in [0.2, 0.25) is 0 Å². The first kappa shape index (κ1) is 18.0. The zero-order valence-electron chi connectivity index (χ0n) is 12.4. The monoisotopic (exact) mass is 356 g/mol. The summed E-state index contributed by atoms with van der Waals surface area (Å²) in [7, 11) is 0. The highest BCUT2D eigenvalue weighted by atomic mass is 19.4. The average molecular weight is 356 g/mol. The van der Waals surface area contributed by atoms with Gasteiger partial charge >= 0.3 is 12.0 Å². The third kappa shape index (κ3) is 5.37. The number of nitrogens with zero attached hydrogens (tertiary/aromatic N) is 1. The van der Waals surface area contributed by atoms with E-state index in [2.05, 4.69) is 10.1 Å². The first-order valence-electron chi connectivity index (χ1n) is 6.77. The highest BCUT2D eigenvalue weighted by Crippen LogP contribution is 2.30. The van der Waals surface area contributed by atoms with E-state index in [9.17, 15) is 28.1 Å². The summed E-state index contributed by atoms with van der Waals surface area (Å²) in [4.78, 5) is 22.0. The van der Waals surface area contributed by atoms with Crippen molar-refractivity contribution in [1.29, 1.82) is 0 Å². The van der Waals surface area contributed by atoms with Crippen LogP contribution in [0.4, 0.5) is 24.5 Å². The Kier molecular flexibility index (Phi) is 5.42. The van der Waals surface area contributed by atoms with Crippen molar-refractivity contribution in [3.63, 3.8) is 0 Å². The zero-order valence-corrected chi connectivity index (χ0v) is 12.4. The Morgan fingerprint density at radius 1 is 1.08 bits per heavy atom. The largest absolute Gasteiger partial charge is 0.573 e. The van der Waals surface area contributed by atoms with Crippen LogP contribution in [0.5, 0.6) is 11.5 Å². The van der Waals surface area contributed by atoms with Gasteiger partial charge in [0.15, 0.2) is 18.1 Å². The first-order valence-corrected chi connectivity index (χ1v) is 6.77. The highest BCUT2D eigenvalue weighted by Gasteiger charge is 2.32. The molecular formula is C15H11F3N2O5. The molecule has 1 amide bonds. The van der Waals surface area contributed by atoms with Gasteiger partial charge in [0.1, 0.15) is 0 Å². The molecule has 0 saturated heterocycles. The SMILES string of the molecule is O=C(COc1ccccc1[N+](=O)[O-])Nc1ccccc1OC(F)(F)F. The van der Waals surface area contributed by atoms with E-state index >= 15 is 0 Å². The Bertz CT molecular complexity index is 780. The molecule has 2 aromatic rings. The lowest BCUT2D eigenvalue weighted by atomic mass is 10.3. The van der Waals surface area contributed by atoms with Crippen molar-refractivity contribution in [2.24, 2.45) is 0 Å². The lowest BCUT2D eigenvalue weighted by Crippen LogP contribution is -2.22. The molecule has 0 fully saturated rings. The second kappa shape index (κ2) is 7.51. The molecule has 0 spiro atoms. The van der Waals surface area contributed by atoms with Gasteiger partial charge in [-0.3, -0.25) is 14.9 Å². The van der Waals surface area contributed by atoms with Crippen molar-refractivity contribution in [2.45, 2.75) is 6.36 Å². The van der Waals surface area contributed by atoms with E-state index in [1.165, 1.54) is 42.5 Å². The van der Waals surface area contributed by atoms with Gasteiger partial charge < -0.3 is 14.8 Å². The van der Waals surface area contributed by atoms with Crippen molar-refractivity contribution in [3.8, 4) is 11.5 Å². The minimum Gasteiger partial charge on any atom is -0.477 e. The van der Waals surface area contributed by atoms with Crippen LogP contribution < -0.4 is 14.8 Å². The summed E-state index contributed by atoms with van der Waals surface area (Å²) in [6.45, 7) is -0.634. The van der Waals surface area contributed by atoms with Crippen LogP contribution in [0.15, 0.2) is 48.5 Å². The predicted molar refractivity (Wildman–Crippen MR) is 80.3 cm³/mol. The molecule has 0 unspecified atom stereocenters. The molecule has 0 aliphatic heterocycles. The Morgan fingerprint density at radius 3 is 2.32 bits per heavy atom. The number of carbonyl (C=O) groups is 1. The van der Waals surface area contributed by atoms with Crippen LogP contribution in [-0.4, -0.2) is 23.8 Å².